The molecule has 1 amide bonds. The Balaban J connectivity index is 1.91. The van der Waals surface area contributed by atoms with Gasteiger partial charge in [-0.05, 0) is 73.2 Å². The molecule has 0 spiro atoms. The van der Waals surface area contributed by atoms with Crippen molar-refractivity contribution in [1.29, 1.82) is 0 Å². The Morgan fingerprint density at radius 2 is 1.74 bits per heavy atom. The summed E-state index contributed by atoms with van der Waals surface area (Å²) in [5, 5.41) is 3.86. The van der Waals surface area contributed by atoms with Crippen LogP contribution in [0.4, 0.5) is 5.69 Å². The van der Waals surface area contributed by atoms with E-state index < -0.39 is 11.9 Å². The van der Waals surface area contributed by atoms with Gasteiger partial charge in [0.15, 0.2) is 5.11 Å². The molecule has 0 fully saturated rings. The monoisotopic (exact) mass is 516 g/mol. The second kappa shape index (κ2) is 11.8. The van der Waals surface area contributed by atoms with Crippen LogP contribution in [0.5, 0.6) is 5.75 Å². The second-order valence-electron chi connectivity index (χ2n) is 7.05. The lowest BCUT2D eigenvalue weighted by Crippen LogP contribution is -2.42. The number of anilines is 1. The van der Waals surface area contributed by atoms with Crippen LogP contribution in [-0.4, -0.2) is 30.7 Å². The number of esters is 1. The van der Waals surface area contributed by atoms with Gasteiger partial charge in [-0.15, -0.1) is 0 Å². The Morgan fingerprint density at radius 3 is 2.38 bits per heavy atom. The normalized spacial score (nSPS) is 10.4. The first-order valence-electron chi connectivity index (χ1n) is 10.3. The maximum absolute atomic E-state index is 12.9. The SMILES string of the molecule is CCOC(=O)c1ccc(N(Cc2ccc(Cl)cc2Cl)C(=S)NC(=O)c2ccccc2OC)cc1. The maximum Gasteiger partial charge on any atom is 0.338 e. The van der Waals surface area contributed by atoms with E-state index in [-0.39, 0.29) is 18.3 Å². The van der Waals surface area contributed by atoms with Crippen molar-refractivity contribution in [3.63, 3.8) is 0 Å². The third-order valence-electron chi connectivity index (χ3n) is 4.85. The van der Waals surface area contributed by atoms with Gasteiger partial charge in [0.2, 0.25) is 0 Å². The van der Waals surface area contributed by atoms with Crippen molar-refractivity contribution >= 4 is 58.1 Å². The van der Waals surface area contributed by atoms with Gasteiger partial charge in [0.05, 0.1) is 31.4 Å². The molecule has 176 valence electrons. The predicted molar refractivity (Wildman–Crippen MR) is 138 cm³/mol. The summed E-state index contributed by atoms with van der Waals surface area (Å²) in [5.74, 6) is -0.417. The Labute approximate surface area is 213 Å². The molecule has 6 nitrogen and oxygen atoms in total. The highest BCUT2D eigenvalue weighted by Gasteiger charge is 2.20. The first kappa shape index (κ1) is 25.5. The number of methoxy groups -OCH3 is 1. The Morgan fingerprint density at radius 1 is 1.03 bits per heavy atom. The molecule has 0 saturated heterocycles. The number of nitrogens with zero attached hydrogens (tertiary/aromatic N) is 1. The molecule has 0 aliphatic rings. The molecule has 0 aromatic heterocycles. The molecule has 0 atom stereocenters. The molecule has 3 aromatic rings. The number of carbonyl (C=O) groups is 2. The van der Waals surface area contributed by atoms with Gasteiger partial charge in [0.1, 0.15) is 5.75 Å². The molecule has 1 N–H and O–H groups in total. The minimum atomic E-state index is -0.423. The van der Waals surface area contributed by atoms with Crippen molar-refractivity contribution in [2.24, 2.45) is 0 Å². The number of para-hydroxylation sites is 1. The quantitative estimate of drug-likeness (QED) is 0.311. The van der Waals surface area contributed by atoms with E-state index in [1.54, 1.807) is 78.6 Å². The molecule has 0 heterocycles. The van der Waals surface area contributed by atoms with Crippen molar-refractivity contribution in [1.82, 2.24) is 5.32 Å². The number of rotatable bonds is 7. The maximum atomic E-state index is 12.9. The molecule has 0 aliphatic carbocycles. The fraction of sp³-hybridized carbons (Fsp3) is 0.160. The summed E-state index contributed by atoms with van der Waals surface area (Å²) in [6.07, 6.45) is 0. The highest BCUT2D eigenvalue weighted by atomic mass is 35.5. The number of carbonyl (C=O) groups excluding carboxylic acids is 2. The lowest BCUT2D eigenvalue weighted by atomic mass is 10.1. The van der Waals surface area contributed by atoms with Crippen LogP contribution >= 0.6 is 35.4 Å². The van der Waals surface area contributed by atoms with E-state index in [1.165, 1.54) is 7.11 Å². The van der Waals surface area contributed by atoms with E-state index in [9.17, 15) is 9.59 Å². The van der Waals surface area contributed by atoms with Crippen molar-refractivity contribution in [2.45, 2.75) is 13.5 Å². The summed E-state index contributed by atoms with van der Waals surface area (Å²) in [6.45, 7) is 2.27. The zero-order chi connectivity index (χ0) is 24.7. The van der Waals surface area contributed by atoms with Crippen LogP contribution in [0.3, 0.4) is 0 Å². The number of ether oxygens (including phenoxy) is 2. The van der Waals surface area contributed by atoms with Crippen molar-refractivity contribution in [3.05, 3.63) is 93.5 Å². The smallest absolute Gasteiger partial charge is 0.338 e. The minimum Gasteiger partial charge on any atom is -0.496 e. The summed E-state index contributed by atoms with van der Waals surface area (Å²) < 4.78 is 10.3. The first-order chi connectivity index (χ1) is 16.3. The fourth-order valence-corrected chi connectivity index (χ4v) is 3.89. The number of thiocarbonyl (C=S) groups is 1. The van der Waals surface area contributed by atoms with Gasteiger partial charge in [-0.3, -0.25) is 10.1 Å². The number of nitrogens with one attached hydrogen (secondary N) is 1. The molecule has 0 radical (unpaired) electrons. The Bertz CT molecular complexity index is 1200. The average molecular weight is 517 g/mol. The number of amides is 1. The van der Waals surface area contributed by atoms with Gasteiger partial charge in [0.25, 0.3) is 5.91 Å². The summed E-state index contributed by atoms with van der Waals surface area (Å²) in [5.41, 5.74) is 2.13. The summed E-state index contributed by atoms with van der Waals surface area (Å²) in [4.78, 5) is 26.7. The van der Waals surface area contributed by atoms with Crippen LogP contribution in [0.1, 0.15) is 33.2 Å². The lowest BCUT2D eigenvalue weighted by Gasteiger charge is -2.26. The Hall–Kier alpha value is -3.13. The van der Waals surface area contributed by atoms with Crippen LogP contribution in [0.2, 0.25) is 10.0 Å². The van der Waals surface area contributed by atoms with Crippen LogP contribution < -0.4 is 15.0 Å². The third kappa shape index (κ3) is 6.26. The largest absolute Gasteiger partial charge is 0.496 e. The molecule has 9 heteroatoms. The summed E-state index contributed by atoms with van der Waals surface area (Å²) >= 11 is 18.0. The molecule has 0 bridgehead atoms. The van der Waals surface area contributed by atoms with Gasteiger partial charge >= 0.3 is 5.97 Å². The van der Waals surface area contributed by atoms with Crippen LogP contribution in [0.15, 0.2) is 66.7 Å². The zero-order valence-electron chi connectivity index (χ0n) is 18.5. The van der Waals surface area contributed by atoms with Gasteiger partial charge in [0, 0.05) is 15.7 Å². The standard InChI is InChI=1S/C25H22Cl2N2O4S/c1-3-33-24(31)16-9-12-19(13-10-16)29(15-17-8-11-18(26)14-21(17)27)25(34)28-23(30)20-6-4-5-7-22(20)32-2/h4-14H,3,15H2,1-2H3,(H,28,30,34). The number of benzene rings is 3. The van der Waals surface area contributed by atoms with Gasteiger partial charge in [-0.25, -0.2) is 4.79 Å². The first-order valence-corrected chi connectivity index (χ1v) is 11.5. The third-order valence-corrected chi connectivity index (χ3v) is 5.76. The van der Waals surface area contributed by atoms with Crippen molar-refractivity contribution in [2.75, 3.05) is 18.6 Å². The lowest BCUT2D eigenvalue weighted by molar-refractivity contribution is 0.0526. The van der Waals surface area contributed by atoms with E-state index in [4.69, 9.17) is 44.9 Å². The molecular weight excluding hydrogens is 495 g/mol. The zero-order valence-corrected chi connectivity index (χ0v) is 20.8. The van der Waals surface area contributed by atoms with Crippen LogP contribution in [-0.2, 0) is 11.3 Å². The molecule has 0 aliphatic heterocycles. The minimum absolute atomic E-state index is 0.144. The van der Waals surface area contributed by atoms with E-state index in [1.807, 2.05) is 0 Å². The molecule has 0 unspecified atom stereocenters. The van der Waals surface area contributed by atoms with E-state index >= 15 is 0 Å². The molecule has 0 saturated carbocycles. The number of hydrogen-bond donors (Lipinski definition) is 1. The van der Waals surface area contributed by atoms with Crippen molar-refractivity contribution in [3.8, 4) is 5.75 Å². The van der Waals surface area contributed by atoms with Crippen LogP contribution in [0.25, 0.3) is 0 Å². The average Bonchev–Trinajstić information content (AvgIpc) is 2.83. The van der Waals surface area contributed by atoms with E-state index in [0.717, 1.165) is 5.56 Å². The highest BCUT2D eigenvalue weighted by molar-refractivity contribution is 7.80. The van der Waals surface area contributed by atoms with Crippen molar-refractivity contribution < 1.29 is 19.1 Å². The van der Waals surface area contributed by atoms with Crippen LogP contribution in [0, 0.1) is 0 Å². The number of hydrogen-bond acceptors (Lipinski definition) is 5. The molecule has 3 rings (SSSR count). The second-order valence-corrected chi connectivity index (χ2v) is 8.28. The van der Waals surface area contributed by atoms with Gasteiger partial charge in [-0.2, -0.15) is 0 Å². The van der Waals surface area contributed by atoms with E-state index in [2.05, 4.69) is 5.32 Å². The highest BCUT2D eigenvalue weighted by Crippen LogP contribution is 2.26. The van der Waals surface area contributed by atoms with Gasteiger partial charge < -0.3 is 14.4 Å². The Kier molecular flexibility index (Phi) is 8.87. The predicted octanol–water partition coefficient (Wildman–Crippen LogP) is 5.90. The topological polar surface area (TPSA) is 67.9 Å². The molecule has 34 heavy (non-hydrogen) atoms. The summed E-state index contributed by atoms with van der Waals surface area (Å²) in [6, 6.07) is 18.7. The molecule has 3 aromatic carbocycles. The fourth-order valence-electron chi connectivity index (χ4n) is 3.16. The molecular formula is C25H22Cl2N2O4S. The van der Waals surface area contributed by atoms with Gasteiger partial charge in [-0.1, -0.05) is 41.4 Å². The van der Waals surface area contributed by atoms with E-state index in [0.29, 0.717) is 32.6 Å². The number of halogens is 2. The summed E-state index contributed by atoms with van der Waals surface area (Å²) in [7, 11) is 1.49.